The zero-order valence-electron chi connectivity index (χ0n) is 13.0. The first-order valence-corrected chi connectivity index (χ1v) is 8.91. The summed E-state index contributed by atoms with van der Waals surface area (Å²) in [7, 11) is 1.58. The number of thioether (sulfide) groups is 1. The first-order valence-electron chi connectivity index (χ1n) is 7.27. The summed E-state index contributed by atoms with van der Waals surface area (Å²) in [6.45, 7) is 0. The third kappa shape index (κ3) is 4.21. The van der Waals surface area contributed by atoms with E-state index in [4.69, 9.17) is 32.7 Å². The number of hydrogen-bond acceptors (Lipinski definition) is 5. The van der Waals surface area contributed by atoms with Gasteiger partial charge in [0.25, 0.3) is 5.24 Å². The quantitative estimate of drug-likeness (QED) is 0.792. The average Bonchev–Trinajstić information content (AvgIpc) is 2.89. The smallest absolute Gasteiger partial charge is 0.286 e. The van der Waals surface area contributed by atoms with Crippen LogP contribution in [0.1, 0.15) is 5.56 Å². The Morgan fingerprint density at radius 3 is 2.20 bits per heavy atom. The van der Waals surface area contributed by atoms with Gasteiger partial charge >= 0.3 is 0 Å². The molecule has 1 aliphatic rings. The zero-order valence-corrected chi connectivity index (χ0v) is 15.4. The predicted octanol–water partition coefficient (Wildman–Crippen LogP) is 4.69. The summed E-state index contributed by atoms with van der Waals surface area (Å²) in [5.41, 5.74) is 0.749. The van der Waals surface area contributed by atoms with E-state index >= 15 is 0 Å². The molecular weight excluding hydrogens is 385 g/mol. The fourth-order valence-electron chi connectivity index (χ4n) is 2.33. The summed E-state index contributed by atoms with van der Waals surface area (Å²) in [6.07, 6.45) is 0.352. The van der Waals surface area contributed by atoms with Crippen molar-refractivity contribution >= 4 is 46.1 Å². The second-order valence-corrected chi connectivity index (χ2v) is 7.24. The summed E-state index contributed by atoms with van der Waals surface area (Å²) in [6, 6.07) is 10.4. The van der Waals surface area contributed by atoms with E-state index in [-0.39, 0.29) is 11.1 Å². The molecule has 0 aliphatic carbocycles. The molecule has 1 unspecified atom stereocenters. The van der Waals surface area contributed by atoms with Crippen molar-refractivity contribution in [1.82, 2.24) is 5.32 Å². The summed E-state index contributed by atoms with van der Waals surface area (Å²) in [5, 5.41) is 2.09. The number of amides is 2. The lowest BCUT2D eigenvalue weighted by molar-refractivity contribution is -0.118. The summed E-state index contributed by atoms with van der Waals surface area (Å²) >= 11 is 13.5. The minimum absolute atomic E-state index is 0.305. The molecule has 0 saturated carbocycles. The molecule has 5 nitrogen and oxygen atoms in total. The number of carbonyl (C=O) groups is 2. The Morgan fingerprint density at radius 2 is 1.68 bits per heavy atom. The van der Waals surface area contributed by atoms with Crippen molar-refractivity contribution in [2.45, 2.75) is 11.7 Å². The average molecular weight is 398 g/mol. The van der Waals surface area contributed by atoms with Gasteiger partial charge in [0.15, 0.2) is 5.75 Å². The molecule has 1 fully saturated rings. The summed E-state index contributed by atoms with van der Waals surface area (Å²) < 4.78 is 10.8. The minimum Gasteiger partial charge on any atom is -0.497 e. The third-order valence-corrected chi connectivity index (χ3v) is 5.07. The fraction of sp³-hybridized carbons (Fsp3) is 0.176. The van der Waals surface area contributed by atoms with Gasteiger partial charge in [-0.05, 0) is 48.4 Å². The van der Waals surface area contributed by atoms with E-state index < -0.39 is 5.25 Å². The Kier molecular flexibility index (Phi) is 5.42. The van der Waals surface area contributed by atoms with Crippen LogP contribution in [-0.2, 0) is 11.2 Å². The number of ether oxygens (including phenoxy) is 2. The number of imide groups is 1. The Labute approximate surface area is 158 Å². The Hall–Kier alpha value is -1.89. The molecule has 2 aromatic rings. The molecule has 130 valence electrons. The Morgan fingerprint density at radius 1 is 1.08 bits per heavy atom. The molecule has 1 atom stereocenters. The third-order valence-electron chi connectivity index (χ3n) is 3.53. The van der Waals surface area contributed by atoms with Crippen molar-refractivity contribution < 1.29 is 19.1 Å². The maximum atomic E-state index is 11.7. The van der Waals surface area contributed by atoms with Crippen LogP contribution < -0.4 is 14.8 Å². The number of nitrogens with one attached hydrogen (secondary N) is 1. The molecule has 8 heteroatoms. The van der Waals surface area contributed by atoms with Crippen LogP contribution in [0.25, 0.3) is 0 Å². The van der Waals surface area contributed by atoms with Crippen LogP contribution in [0.4, 0.5) is 4.79 Å². The van der Waals surface area contributed by atoms with Gasteiger partial charge in [-0.25, -0.2) is 0 Å². The molecule has 2 aromatic carbocycles. The van der Waals surface area contributed by atoms with Crippen LogP contribution in [0.2, 0.25) is 10.0 Å². The molecule has 0 aromatic heterocycles. The second-order valence-electron chi connectivity index (χ2n) is 5.25. The number of carbonyl (C=O) groups excluding carboxylic acids is 2. The van der Waals surface area contributed by atoms with Gasteiger partial charge in [0.1, 0.15) is 11.5 Å². The standard InChI is InChI=1S/C17H13Cl2NO4S/c1-23-10-2-4-11(5-3-10)24-15-12(18)6-9(7-13(15)19)8-14-16(21)20-17(22)25-14/h2-7,14H,8H2,1H3,(H,20,21,22). The largest absolute Gasteiger partial charge is 0.497 e. The predicted molar refractivity (Wildman–Crippen MR) is 98.2 cm³/mol. The number of benzene rings is 2. The highest BCUT2D eigenvalue weighted by molar-refractivity contribution is 8.15. The van der Waals surface area contributed by atoms with Crippen molar-refractivity contribution in [3.8, 4) is 17.2 Å². The molecule has 0 radical (unpaired) electrons. The van der Waals surface area contributed by atoms with Crippen LogP contribution in [-0.4, -0.2) is 23.5 Å². The van der Waals surface area contributed by atoms with Gasteiger partial charge in [0.05, 0.1) is 22.4 Å². The van der Waals surface area contributed by atoms with E-state index in [1.54, 1.807) is 43.5 Å². The molecule has 25 heavy (non-hydrogen) atoms. The van der Waals surface area contributed by atoms with Crippen molar-refractivity contribution in [2.24, 2.45) is 0 Å². The second kappa shape index (κ2) is 7.56. The van der Waals surface area contributed by atoms with Crippen LogP contribution in [0, 0.1) is 0 Å². The van der Waals surface area contributed by atoms with Gasteiger partial charge < -0.3 is 9.47 Å². The highest BCUT2D eigenvalue weighted by Gasteiger charge is 2.31. The maximum Gasteiger partial charge on any atom is 0.286 e. The number of rotatable bonds is 5. The summed E-state index contributed by atoms with van der Waals surface area (Å²) in [5.74, 6) is 1.30. The molecule has 0 spiro atoms. The molecule has 2 amide bonds. The van der Waals surface area contributed by atoms with Gasteiger partial charge in [0, 0.05) is 0 Å². The molecule has 1 saturated heterocycles. The molecule has 1 heterocycles. The van der Waals surface area contributed by atoms with Crippen molar-refractivity contribution in [2.75, 3.05) is 7.11 Å². The zero-order chi connectivity index (χ0) is 18.0. The van der Waals surface area contributed by atoms with Crippen molar-refractivity contribution in [1.29, 1.82) is 0 Å². The minimum atomic E-state index is -0.479. The number of hydrogen-bond donors (Lipinski definition) is 1. The lowest BCUT2D eigenvalue weighted by atomic mass is 10.1. The molecule has 0 bridgehead atoms. The van der Waals surface area contributed by atoms with Crippen molar-refractivity contribution in [3.63, 3.8) is 0 Å². The molecule has 3 rings (SSSR count). The SMILES string of the molecule is COc1ccc(Oc2c(Cl)cc(CC3SC(=O)NC3=O)cc2Cl)cc1. The molecule has 1 N–H and O–H groups in total. The monoisotopic (exact) mass is 397 g/mol. The Balaban J connectivity index is 1.77. The van der Waals surface area contributed by atoms with Gasteiger partial charge in [-0.1, -0.05) is 35.0 Å². The van der Waals surface area contributed by atoms with Gasteiger partial charge in [0.2, 0.25) is 5.91 Å². The lowest BCUT2D eigenvalue weighted by Gasteiger charge is -2.13. The van der Waals surface area contributed by atoms with E-state index in [0.29, 0.717) is 33.7 Å². The first-order chi connectivity index (χ1) is 12.0. The summed E-state index contributed by atoms with van der Waals surface area (Å²) in [4.78, 5) is 22.9. The number of halogens is 2. The van der Waals surface area contributed by atoms with E-state index in [1.165, 1.54) is 0 Å². The van der Waals surface area contributed by atoms with E-state index in [1.807, 2.05) is 0 Å². The fourth-order valence-corrected chi connectivity index (χ4v) is 3.80. The van der Waals surface area contributed by atoms with Gasteiger partial charge in [-0.2, -0.15) is 0 Å². The maximum absolute atomic E-state index is 11.7. The van der Waals surface area contributed by atoms with E-state index in [2.05, 4.69) is 5.32 Å². The number of methoxy groups -OCH3 is 1. The molecule has 1 aliphatic heterocycles. The van der Waals surface area contributed by atoms with Crippen molar-refractivity contribution in [3.05, 3.63) is 52.0 Å². The van der Waals surface area contributed by atoms with Crippen LogP contribution >= 0.6 is 35.0 Å². The van der Waals surface area contributed by atoms with Gasteiger partial charge in [-0.3, -0.25) is 14.9 Å². The molecular formula is C17H13Cl2NO4S. The normalized spacial score (nSPS) is 16.7. The van der Waals surface area contributed by atoms with Gasteiger partial charge in [-0.15, -0.1) is 0 Å². The lowest BCUT2D eigenvalue weighted by Crippen LogP contribution is -2.25. The van der Waals surface area contributed by atoms with Crippen LogP contribution in [0.5, 0.6) is 17.2 Å². The first kappa shape index (κ1) is 17.9. The van der Waals surface area contributed by atoms with Crippen LogP contribution in [0.15, 0.2) is 36.4 Å². The highest BCUT2D eigenvalue weighted by atomic mass is 35.5. The van der Waals surface area contributed by atoms with E-state index in [9.17, 15) is 9.59 Å². The van der Waals surface area contributed by atoms with Crippen LogP contribution in [0.3, 0.4) is 0 Å². The topological polar surface area (TPSA) is 64.6 Å². The Bertz CT molecular complexity index is 803. The highest BCUT2D eigenvalue weighted by Crippen LogP contribution is 2.38. The van der Waals surface area contributed by atoms with E-state index in [0.717, 1.165) is 17.3 Å².